The molecule has 0 saturated heterocycles. The van der Waals surface area contributed by atoms with E-state index in [1.807, 2.05) is 19.2 Å². The highest BCUT2D eigenvalue weighted by molar-refractivity contribution is 6.41. The van der Waals surface area contributed by atoms with Crippen LogP contribution in [-0.2, 0) is 6.54 Å². The molecular formula is C28H27Cl2N3O4. The van der Waals surface area contributed by atoms with Crippen LogP contribution < -0.4 is 15.4 Å². The summed E-state index contributed by atoms with van der Waals surface area (Å²) in [4.78, 5) is 26.2. The average Bonchev–Trinajstić information content (AvgIpc) is 3.32. The zero-order chi connectivity index (χ0) is 26.3. The van der Waals surface area contributed by atoms with E-state index in [1.165, 1.54) is 0 Å². The van der Waals surface area contributed by atoms with E-state index in [4.69, 9.17) is 27.9 Å². The number of hydrogen-bond donors (Lipinski definition) is 3. The maximum Gasteiger partial charge on any atom is 0.259 e. The second-order valence-corrected chi connectivity index (χ2v) is 9.91. The van der Waals surface area contributed by atoms with Crippen molar-refractivity contribution < 1.29 is 19.4 Å². The number of unbranched alkanes of at least 4 members (excludes halogenated alkanes) is 1. The highest BCUT2D eigenvalue weighted by atomic mass is 35.5. The number of nitrogens with one attached hydrogen (secondary N) is 2. The molecule has 7 nitrogen and oxygen atoms in total. The van der Waals surface area contributed by atoms with Gasteiger partial charge in [0.15, 0.2) is 11.5 Å². The molecule has 0 spiro atoms. The van der Waals surface area contributed by atoms with Gasteiger partial charge < -0.3 is 19.7 Å². The van der Waals surface area contributed by atoms with Gasteiger partial charge in [-0.15, -0.1) is 0 Å². The van der Waals surface area contributed by atoms with Crippen LogP contribution in [0.15, 0.2) is 36.4 Å². The molecule has 3 aromatic carbocycles. The SMILES string of the molecule is CCCCn1c2cc(OCCCNC)c(O)cc2c2c3c(c(-c4c(Cl)cccc4Cl)cc21)C(=O)NC3=O. The summed E-state index contributed by atoms with van der Waals surface area (Å²) in [5, 5.41) is 18.4. The summed E-state index contributed by atoms with van der Waals surface area (Å²) in [6.45, 7) is 4.01. The Balaban J connectivity index is 1.84. The van der Waals surface area contributed by atoms with Crippen LogP contribution in [0.1, 0.15) is 46.9 Å². The Bertz CT molecular complexity index is 1540. The Morgan fingerprint density at radius 1 is 1.00 bits per heavy atom. The van der Waals surface area contributed by atoms with E-state index in [9.17, 15) is 14.7 Å². The lowest BCUT2D eigenvalue weighted by Gasteiger charge is -2.13. The molecule has 5 rings (SSSR count). The van der Waals surface area contributed by atoms with Gasteiger partial charge in [-0.2, -0.15) is 0 Å². The smallest absolute Gasteiger partial charge is 0.259 e. The van der Waals surface area contributed by atoms with Gasteiger partial charge in [-0.25, -0.2) is 0 Å². The van der Waals surface area contributed by atoms with Gasteiger partial charge in [0.05, 0.1) is 28.8 Å². The molecule has 192 valence electrons. The number of carbonyl (C=O) groups is 2. The fourth-order valence-electron chi connectivity index (χ4n) is 5.01. The standard InChI is InChI=1S/C28H27Cl2N3O4/c1-3-4-10-33-19-14-22(37-11-6-9-31-2)21(34)13-15(19)24-20(33)12-16(23-17(29)7-5-8-18(23)30)25-26(24)28(36)32-27(25)35/h5,7-8,12-14,31,34H,3-4,6,9-11H2,1-2H3,(H,32,35,36). The lowest BCUT2D eigenvalue weighted by molar-refractivity contribution is 0.0880. The molecule has 3 N–H and O–H groups in total. The van der Waals surface area contributed by atoms with E-state index in [0.717, 1.165) is 36.8 Å². The number of imide groups is 1. The van der Waals surface area contributed by atoms with Crippen LogP contribution in [0.4, 0.5) is 0 Å². The lowest BCUT2D eigenvalue weighted by atomic mass is 9.92. The molecule has 0 fully saturated rings. The van der Waals surface area contributed by atoms with Crippen LogP contribution in [0.5, 0.6) is 11.5 Å². The van der Waals surface area contributed by atoms with Crippen molar-refractivity contribution in [3.8, 4) is 22.6 Å². The van der Waals surface area contributed by atoms with Crippen molar-refractivity contribution in [2.45, 2.75) is 32.7 Å². The highest BCUT2D eigenvalue weighted by Crippen LogP contribution is 2.46. The van der Waals surface area contributed by atoms with Crippen LogP contribution in [0, 0.1) is 0 Å². The molecule has 0 aliphatic carbocycles. The predicted molar refractivity (Wildman–Crippen MR) is 147 cm³/mol. The lowest BCUT2D eigenvalue weighted by Crippen LogP contribution is -2.20. The maximum atomic E-state index is 13.2. The first-order valence-corrected chi connectivity index (χ1v) is 13.1. The summed E-state index contributed by atoms with van der Waals surface area (Å²) in [6.07, 6.45) is 2.63. The zero-order valence-corrected chi connectivity index (χ0v) is 22.1. The molecule has 0 atom stereocenters. The van der Waals surface area contributed by atoms with Crippen LogP contribution in [0.25, 0.3) is 32.9 Å². The van der Waals surface area contributed by atoms with Gasteiger partial charge in [-0.05, 0) is 50.7 Å². The average molecular weight is 540 g/mol. The third-order valence-electron chi connectivity index (χ3n) is 6.71. The molecule has 0 radical (unpaired) electrons. The van der Waals surface area contributed by atoms with Crippen molar-refractivity contribution in [2.24, 2.45) is 0 Å². The number of aromatic hydroxyl groups is 1. The van der Waals surface area contributed by atoms with Gasteiger partial charge in [-0.3, -0.25) is 14.9 Å². The van der Waals surface area contributed by atoms with Gasteiger partial charge in [0, 0.05) is 44.6 Å². The Hall–Kier alpha value is -3.26. The summed E-state index contributed by atoms with van der Waals surface area (Å²) in [6, 6.07) is 10.4. The third kappa shape index (κ3) is 4.31. The Labute approximate surface area is 224 Å². The molecule has 2 heterocycles. The number of phenols is 1. The minimum absolute atomic E-state index is 0.0248. The molecule has 9 heteroatoms. The number of ether oxygens (including phenoxy) is 1. The Morgan fingerprint density at radius 3 is 2.43 bits per heavy atom. The number of hydrogen-bond acceptors (Lipinski definition) is 5. The van der Waals surface area contributed by atoms with Gasteiger partial charge >= 0.3 is 0 Å². The van der Waals surface area contributed by atoms with Gasteiger partial charge in [0.1, 0.15) is 0 Å². The fraction of sp³-hybridized carbons (Fsp3) is 0.286. The first-order valence-electron chi connectivity index (χ1n) is 12.3. The maximum absolute atomic E-state index is 13.2. The number of amides is 2. The fourth-order valence-corrected chi connectivity index (χ4v) is 5.61. The summed E-state index contributed by atoms with van der Waals surface area (Å²) in [5.74, 6) is -0.647. The molecule has 1 aliphatic heterocycles. The normalized spacial score (nSPS) is 13.0. The highest BCUT2D eigenvalue weighted by Gasteiger charge is 2.35. The van der Waals surface area contributed by atoms with Gasteiger partial charge in [-0.1, -0.05) is 42.6 Å². The van der Waals surface area contributed by atoms with E-state index in [-0.39, 0.29) is 16.9 Å². The quantitative estimate of drug-likeness (QED) is 0.175. The van der Waals surface area contributed by atoms with Crippen LogP contribution >= 0.6 is 23.2 Å². The van der Waals surface area contributed by atoms with Crippen molar-refractivity contribution in [1.29, 1.82) is 0 Å². The van der Waals surface area contributed by atoms with Crippen molar-refractivity contribution in [1.82, 2.24) is 15.2 Å². The molecule has 0 unspecified atom stereocenters. The number of benzene rings is 3. The molecule has 37 heavy (non-hydrogen) atoms. The molecule has 1 aromatic heterocycles. The summed E-state index contributed by atoms with van der Waals surface area (Å²) in [5.41, 5.74) is 3.04. The summed E-state index contributed by atoms with van der Waals surface area (Å²) >= 11 is 13.1. The van der Waals surface area contributed by atoms with Gasteiger partial charge in [0.25, 0.3) is 11.8 Å². The second-order valence-electron chi connectivity index (χ2n) is 9.10. The minimum Gasteiger partial charge on any atom is -0.504 e. The molecule has 0 bridgehead atoms. The second kappa shape index (κ2) is 10.2. The molecular weight excluding hydrogens is 513 g/mol. The zero-order valence-electron chi connectivity index (χ0n) is 20.6. The van der Waals surface area contributed by atoms with E-state index < -0.39 is 11.8 Å². The third-order valence-corrected chi connectivity index (χ3v) is 7.34. The predicted octanol–water partition coefficient (Wildman–Crippen LogP) is 6.15. The molecule has 1 aliphatic rings. The first kappa shape index (κ1) is 25.4. The Kier molecular flexibility index (Phi) is 7.03. The summed E-state index contributed by atoms with van der Waals surface area (Å²) in [7, 11) is 1.87. The van der Waals surface area contributed by atoms with Crippen molar-refractivity contribution in [2.75, 3.05) is 20.2 Å². The van der Waals surface area contributed by atoms with Crippen molar-refractivity contribution in [3.05, 3.63) is 57.6 Å². The monoisotopic (exact) mass is 539 g/mol. The van der Waals surface area contributed by atoms with E-state index in [1.54, 1.807) is 24.3 Å². The number of rotatable bonds is 9. The van der Waals surface area contributed by atoms with Gasteiger partial charge in [0.2, 0.25) is 0 Å². The van der Waals surface area contributed by atoms with Crippen LogP contribution in [0.3, 0.4) is 0 Å². The minimum atomic E-state index is -0.504. The van der Waals surface area contributed by atoms with Crippen molar-refractivity contribution in [3.63, 3.8) is 0 Å². The number of aromatic nitrogens is 1. The summed E-state index contributed by atoms with van der Waals surface area (Å²) < 4.78 is 8.00. The van der Waals surface area contributed by atoms with E-state index in [0.29, 0.717) is 50.8 Å². The Morgan fingerprint density at radius 2 is 1.73 bits per heavy atom. The number of phenolic OH excluding ortho intramolecular Hbond substituents is 1. The topological polar surface area (TPSA) is 92.6 Å². The number of carbonyl (C=O) groups excluding carboxylic acids is 2. The number of nitrogens with zero attached hydrogens (tertiary/aromatic N) is 1. The van der Waals surface area contributed by atoms with Crippen molar-refractivity contribution >= 4 is 56.8 Å². The van der Waals surface area contributed by atoms with Crippen LogP contribution in [0.2, 0.25) is 10.0 Å². The largest absolute Gasteiger partial charge is 0.504 e. The number of fused-ring (bicyclic) bond motifs is 5. The molecule has 2 amide bonds. The van der Waals surface area contributed by atoms with E-state index >= 15 is 0 Å². The van der Waals surface area contributed by atoms with Crippen LogP contribution in [-0.4, -0.2) is 41.7 Å². The number of halogens is 2. The van der Waals surface area contributed by atoms with E-state index in [2.05, 4.69) is 22.1 Å². The molecule has 4 aromatic rings. The first-order chi connectivity index (χ1) is 17.9. The molecule has 0 saturated carbocycles. The number of aryl methyl sites for hydroxylation is 1.